The van der Waals surface area contributed by atoms with E-state index in [1.54, 1.807) is 0 Å². The summed E-state index contributed by atoms with van der Waals surface area (Å²) in [4.78, 5) is 22.9. The van der Waals surface area contributed by atoms with Gasteiger partial charge in [-0.05, 0) is 18.2 Å². The van der Waals surface area contributed by atoms with Crippen LogP contribution in [0.1, 0.15) is 5.56 Å². The number of alkyl halides is 3. The van der Waals surface area contributed by atoms with Crippen LogP contribution in [0.25, 0.3) is 0 Å². The summed E-state index contributed by atoms with van der Waals surface area (Å²) in [6, 6.07) is 2.78. The van der Waals surface area contributed by atoms with Crippen LogP contribution < -0.4 is 20.7 Å². The standard InChI is InChI=1S/C15H20F3N3O4/c1-19-13(22)8-20-9-14(23)21-11-7-10(15(16,17)18)3-4-12(11)25-6-5-24-2/h3-4,7,20H,5-6,8-9H2,1-2H3,(H,19,22)(H,21,23). The number of amides is 2. The minimum absolute atomic E-state index is 0.0877. The summed E-state index contributed by atoms with van der Waals surface area (Å²) >= 11 is 0. The highest BCUT2D eigenvalue weighted by molar-refractivity contribution is 5.94. The topological polar surface area (TPSA) is 88.7 Å². The maximum absolute atomic E-state index is 12.8. The Bertz CT molecular complexity index is 594. The first-order valence-electron chi connectivity index (χ1n) is 7.32. The molecule has 0 atom stereocenters. The fraction of sp³-hybridized carbons (Fsp3) is 0.467. The molecule has 0 fully saturated rings. The average molecular weight is 363 g/mol. The van der Waals surface area contributed by atoms with Crippen LogP contribution >= 0.6 is 0 Å². The van der Waals surface area contributed by atoms with Crippen LogP contribution in [0.5, 0.6) is 5.75 Å². The number of hydrogen-bond acceptors (Lipinski definition) is 5. The molecule has 0 aliphatic rings. The van der Waals surface area contributed by atoms with Crippen molar-refractivity contribution in [3.05, 3.63) is 23.8 Å². The van der Waals surface area contributed by atoms with Gasteiger partial charge in [0.25, 0.3) is 0 Å². The van der Waals surface area contributed by atoms with E-state index in [-0.39, 0.29) is 43.6 Å². The Balaban J connectivity index is 2.81. The first-order chi connectivity index (χ1) is 11.8. The molecule has 2 amide bonds. The zero-order valence-electron chi connectivity index (χ0n) is 13.8. The van der Waals surface area contributed by atoms with Crippen LogP contribution in [0.4, 0.5) is 18.9 Å². The smallest absolute Gasteiger partial charge is 0.416 e. The van der Waals surface area contributed by atoms with E-state index in [1.165, 1.54) is 14.2 Å². The molecule has 0 radical (unpaired) electrons. The van der Waals surface area contributed by atoms with Crippen molar-refractivity contribution in [2.75, 3.05) is 45.8 Å². The number of hydrogen-bond donors (Lipinski definition) is 3. The highest BCUT2D eigenvalue weighted by atomic mass is 19.4. The number of methoxy groups -OCH3 is 1. The molecular formula is C15H20F3N3O4. The van der Waals surface area contributed by atoms with Crippen molar-refractivity contribution in [1.29, 1.82) is 0 Å². The molecule has 0 unspecified atom stereocenters. The van der Waals surface area contributed by atoms with Crippen molar-refractivity contribution in [2.24, 2.45) is 0 Å². The van der Waals surface area contributed by atoms with Crippen molar-refractivity contribution in [3.63, 3.8) is 0 Å². The second-order valence-electron chi connectivity index (χ2n) is 4.87. The van der Waals surface area contributed by atoms with Gasteiger partial charge in [-0.15, -0.1) is 0 Å². The number of nitrogens with one attached hydrogen (secondary N) is 3. The number of anilines is 1. The fourth-order valence-electron chi connectivity index (χ4n) is 1.74. The summed E-state index contributed by atoms with van der Waals surface area (Å²) in [5.41, 5.74) is -1.03. The third kappa shape index (κ3) is 7.40. The Labute approximate surface area is 142 Å². The van der Waals surface area contributed by atoms with Gasteiger partial charge in [-0.2, -0.15) is 13.2 Å². The van der Waals surface area contributed by atoms with E-state index in [4.69, 9.17) is 9.47 Å². The van der Waals surface area contributed by atoms with E-state index in [9.17, 15) is 22.8 Å². The lowest BCUT2D eigenvalue weighted by Gasteiger charge is -2.15. The summed E-state index contributed by atoms with van der Waals surface area (Å²) in [6.07, 6.45) is -4.55. The Hall–Kier alpha value is -2.33. The number of carbonyl (C=O) groups excluding carboxylic acids is 2. The van der Waals surface area contributed by atoms with Crippen LogP contribution in [0.3, 0.4) is 0 Å². The number of benzene rings is 1. The maximum atomic E-state index is 12.8. The minimum atomic E-state index is -4.55. The number of ether oxygens (including phenoxy) is 2. The first kappa shape index (κ1) is 20.7. The molecule has 25 heavy (non-hydrogen) atoms. The zero-order chi connectivity index (χ0) is 18.9. The number of halogens is 3. The Morgan fingerprint density at radius 3 is 2.40 bits per heavy atom. The van der Waals surface area contributed by atoms with Gasteiger partial charge in [0.1, 0.15) is 12.4 Å². The molecule has 1 aromatic carbocycles. The minimum Gasteiger partial charge on any atom is -0.489 e. The van der Waals surface area contributed by atoms with E-state index in [2.05, 4.69) is 16.0 Å². The van der Waals surface area contributed by atoms with Gasteiger partial charge < -0.3 is 20.1 Å². The third-order valence-corrected chi connectivity index (χ3v) is 2.98. The van der Waals surface area contributed by atoms with E-state index in [1.807, 2.05) is 0 Å². The van der Waals surface area contributed by atoms with Crippen LogP contribution in [-0.2, 0) is 20.5 Å². The highest BCUT2D eigenvalue weighted by Crippen LogP contribution is 2.35. The molecule has 140 valence electrons. The fourth-order valence-corrected chi connectivity index (χ4v) is 1.74. The van der Waals surface area contributed by atoms with Gasteiger partial charge >= 0.3 is 6.18 Å². The van der Waals surface area contributed by atoms with Crippen molar-refractivity contribution in [3.8, 4) is 5.75 Å². The Morgan fingerprint density at radius 1 is 1.12 bits per heavy atom. The predicted octanol–water partition coefficient (Wildman–Crippen LogP) is 1.00. The quantitative estimate of drug-likeness (QED) is 0.570. The molecule has 0 spiro atoms. The first-order valence-corrected chi connectivity index (χ1v) is 7.32. The second kappa shape index (κ2) is 9.84. The molecule has 10 heteroatoms. The molecule has 0 saturated heterocycles. The number of rotatable bonds is 9. The molecule has 0 bridgehead atoms. The molecular weight excluding hydrogens is 343 g/mol. The van der Waals surface area contributed by atoms with Crippen LogP contribution in [0.15, 0.2) is 18.2 Å². The molecule has 0 saturated carbocycles. The Morgan fingerprint density at radius 2 is 1.80 bits per heavy atom. The molecule has 1 rings (SSSR count). The van der Waals surface area contributed by atoms with Crippen LogP contribution in [0.2, 0.25) is 0 Å². The van der Waals surface area contributed by atoms with Crippen LogP contribution in [0, 0.1) is 0 Å². The van der Waals surface area contributed by atoms with Crippen molar-refractivity contribution < 1.29 is 32.2 Å². The van der Waals surface area contributed by atoms with Gasteiger partial charge in [0.2, 0.25) is 11.8 Å². The van der Waals surface area contributed by atoms with E-state index in [0.29, 0.717) is 0 Å². The van der Waals surface area contributed by atoms with Gasteiger partial charge in [0, 0.05) is 14.2 Å². The predicted molar refractivity (Wildman–Crippen MR) is 84.4 cm³/mol. The lowest BCUT2D eigenvalue weighted by molar-refractivity contribution is -0.137. The number of carbonyl (C=O) groups is 2. The molecule has 1 aromatic rings. The monoisotopic (exact) mass is 363 g/mol. The molecule has 0 aromatic heterocycles. The Kier molecular flexibility index (Phi) is 8.16. The molecule has 0 aliphatic carbocycles. The molecule has 0 heterocycles. The van der Waals surface area contributed by atoms with Gasteiger partial charge in [0.15, 0.2) is 0 Å². The maximum Gasteiger partial charge on any atom is 0.416 e. The lowest BCUT2D eigenvalue weighted by atomic mass is 10.1. The lowest BCUT2D eigenvalue weighted by Crippen LogP contribution is -2.36. The zero-order valence-corrected chi connectivity index (χ0v) is 13.8. The van der Waals surface area contributed by atoms with Gasteiger partial charge in [-0.25, -0.2) is 0 Å². The largest absolute Gasteiger partial charge is 0.489 e. The van der Waals surface area contributed by atoms with E-state index < -0.39 is 17.6 Å². The summed E-state index contributed by atoms with van der Waals surface area (Å²) in [5, 5.41) is 7.27. The summed E-state index contributed by atoms with van der Waals surface area (Å²) in [5.74, 6) is -0.847. The van der Waals surface area contributed by atoms with Crippen molar-refractivity contribution in [2.45, 2.75) is 6.18 Å². The molecule has 7 nitrogen and oxygen atoms in total. The van der Waals surface area contributed by atoms with Gasteiger partial charge in [-0.1, -0.05) is 0 Å². The highest BCUT2D eigenvalue weighted by Gasteiger charge is 2.31. The average Bonchev–Trinajstić information content (AvgIpc) is 2.55. The normalized spacial score (nSPS) is 11.1. The van der Waals surface area contributed by atoms with E-state index in [0.717, 1.165) is 18.2 Å². The van der Waals surface area contributed by atoms with Gasteiger partial charge in [-0.3, -0.25) is 14.9 Å². The third-order valence-electron chi connectivity index (χ3n) is 2.98. The van der Waals surface area contributed by atoms with Crippen LogP contribution in [-0.4, -0.2) is 52.3 Å². The van der Waals surface area contributed by atoms with Gasteiger partial charge in [0.05, 0.1) is 30.9 Å². The summed E-state index contributed by atoms with van der Waals surface area (Å²) < 4.78 is 48.7. The molecule has 3 N–H and O–H groups in total. The summed E-state index contributed by atoms with van der Waals surface area (Å²) in [7, 11) is 2.90. The second-order valence-corrected chi connectivity index (χ2v) is 4.87. The number of likely N-dealkylation sites (N-methyl/N-ethyl adjacent to an activating group) is 1. The molecule has 0 aliphatic heterocycles. The SMILES string of the molecule is CNC(=O)CNCC(=O)Nc1cc(C(F)(F)F)ccc1OCCOC. The van der Waals surface area contributed by atoms with Crippen molar-refractivity contribution in [1.82, 2.24) is 10.6 Å². The van der Waals surface area contributed by atoms with Crippen molar-refractivity contribution >= 4 is 17.5 Å². The summed E-state index contributed by atoms with van der Waals surface area (Å²) in [6.45, 7) is 0.00658. The van der Waals surface area contributed by atoms with E-state index >= 15 is 0 Å².